The number of imidazole rings is 1. The Bertz CT molecular complexity index is 2210. The summed E-state index contributed by atoms with van der Waals surface area (Å²) in [4.78, 5) is 49.6. The van der Waals surface area contributed by atoms with Gasteiger partial charge in [0.15, 0.2) is 17.5 Å². The first-order valence-corrected chi connectivity index (χ1v) is 18.3. The number of hydrogen-bond acceptors (Lipinski definition) is 7. The summed E-state index contributed by atoms with van der Waals surface area (Å²) in [5, 5.41) is 9.78. The van der Waals surface area contributed by atoms with Gasteiger partial charge in [-0.1, -0.05) is 36.7 Å². The Hall–Kier alpha value is -5.60. The molecule has 3 heterocycles. The quantitative estimate of drug-likeness (QED) is 0.146. The Morgan fingerprint density at radius 1 is 0.964 bits per heavy atom. The number of nitrogens with zero attached hydrogens (tertiary/aromatic N) is 6. The number of rotatable bonds is 12. The number of hydrogen-bond donors (Lipinski definition) is 2. The van der Waals surface area contributed by atoms with Gasteiger partial charge in [-0.05, 0) is 69.9 Å². The summed E-state index contributed by atoms with van der Waals surface area (Å²) in [5.74, 6) is -2.50. The molecular formula is C40H43ClF2N8O4. The maximum Gasteiger partial charge on any atom is 0.291 e. The van der Waals surface area contributed by atoms with Crippen LogP contribution in [0, 0.1) is 17.6 Å². The molecule has 55 heavy (non-hydrogen) atoms. The Kier molecular flexibility index (Phi) is 12.0. The molecule has 2 aromatic heterocycles. The standard InChI is InChI=1S/C40H43ClF2N8O4/c1-6-24(14-15-48(2)3)39(53)50-16-18-51(19-17-50)40(54)29-11-10-26(21-32(29)41)46-38(52)37-44-23-33(49(37)4)30-13-12-28(34(42)35(30)43)31-22-45-47-36(31)25-8-7-9-27(20-25)55-5/h7-13,20-24H,6,14-19H2,1-5H3,(H,45,47)(H,46,52). The lowest BCUT2D eigenvalue weighted by Gasteiger charge is -2.36. The van der Waals surface area contributed by atoms with E-state index < -0.39 is 17.5 Å². The zero-order valence-corrected chi connectivity index (χ0v) is 32.1. The molecule has 1 saturated heterocycles. The Morgan fingerprint density at radius 2 is 1.67 bits per heavy atom. The number of H-pyrrole nitrogens is 1. The van der Waals surface area contributed by atoms with Crippen LogP contribution in [0.3, 0.4) is 0 Å². The van der Waals surface area contributed by atoms with Gasteiger partial charge in [0.05, 0.1) is 41.5 Å². The highest BCUT2D eigenvalue weighted by Crippen LogP contribution is 2.37. The van der Waals surface area contributed by atoms with Gasteiger partial charge >= 0.3 is 0 Å². The fraction of sp³-hybridized carbons (Fsp3) is 0.325. The third-order valence-electron chi connectivity index (χ3n) is 9.94. The van der Waals surface area contributed by atoms with Gasteiger partial charge in [0, 0.05) is 67.1 Å². The van der Waals surface area contributed by atoms with Crippen molar-refractivity contribution >= 4 is 35.0 Å². The number of ether oxygens (including phenoxy) is 1. The van der Waals surface area contributed by atoms with Crippen molar-refractivity contribution in [2.45, 2.75) is 19.8 Å². The second kappa shape index (κ2) is 16.8. The first kappa shape index (κ1) is 39.1. The molecule has 0 aliphatic carbocycles. The highest BCUT2D eigenvalue weighted by molar-refractivity contribution is 6.34. The Balaban J connectivity index is 1.11. The van der Waals surface area contributed by atoms with E-state index in [4.69, 9.17) is 16.3 Å². The smallest absolute Gasteiger partial charge is 0.291 e. The highest BCUT2D eigenvalue weighted by atomic mass is 35.5. The first-order chi connectivity index (χ1) is 26.4. The Morgan fingerprint density at radius 3 is 2.36 bits per heavy atom. The molecule has 3 aromatic carbocycles. The molecular weight excluding hydrogens is 730 g/mol. The SMILES string of the molecule is CCC(CCN(C)C)C(=O)N1CCN(C(=O)c2ccc(NC(=O)c3ncc(-c4ccc(-c5cn[nH]c5-c5cccc(OC)c5)c(F)c4F)n3C)cc2Cl)CC1. The zero-order chi connectivity index (χ0) is 39.4. The van der Waals surface area contributed by atoms with E-state index in [9.17, 15) is 14.4 Å². The van der Waals surface area contributed by atoms with Crippen molar-refractivity contribution in [2.75, 3.05) is 59.2 Å². The minimum atomic E-state index is -1.12. The van der Waals surface area contributed by atoms with Gasteiger partial charge in [0.1, 0.15) is 5.75 Å². The molecule has 15 heteroatoms. The van der Waals surface area contributed by atoms with Crippen LogP contribution >= 0.6 is 11.6 Å². The molecule has 1 aliphatic rings. The average Bonchev–Trinajstić information content (AvgIpc) is 3.83. The first-order valence-electron chi connectivity index (χ1n) is 17.9. The molecule has 288 valence electrons. The second-order valence-corrected chi connectivity index (χ2v) is 14.1. The van der Waals surface area contributed by atoms with E-state index >= 15 is 8.78 Å². The predicted molar refractivity (Wildman–Crippen MR) is 207 cm³/mol. The number of methoxy groups -OCH3 is 1. The van der Waals surface area contributed by atoms with Crippen LogP contribution in [0.1, 0.15) is 40.7 Å². The molecule has 0 saturated carbocycles. The van der Waals surface area contributed by atoms with E-state index in [0.717, 1.165) is 19.4 Å². The summed E-state index contributed by atoms with van der Waals surface area (Å²) in [7, 11) is 7.03. The summed E-state index contributed by atoms with van der Waals surface area (Å²) in [6, 6.07) is 14.6. The Labute approximate surface area is 323 Å². The molecule has 6 rings (SSSR count). The largest absolute Gasteiger partial charge is 0.497 e. The van der Waals surface area contributed by atoms with Crippen LogP contribution in [0.15, 0.2) is 67.0 Å². The van der Waals surface area contributed by atoms with Gasteiger partial charge in [-0.25, -0.2) is 13.8 Å². The van der Waals surface area contributed by atoms with Gasteiger partial charge in [0.2, 0.25) is 5.91 Å². The van der Waals surface area contributed by atoms with E-state index in [1.807, 2.05) is 25.9 Å². The molecule has 1 fully saturated rings. The summed E-state index contributed by atoms with van der Waals surface area (Å²) < 4.78 is 38.1. The lowest BCUT2D eigenvalue weighted by Crippen LogP contribution is -2.52. The third-order valence-corrected chi connectivity index (χ3v) is 10.3. The average molecular weight is 773 g/mol. The second-order valence-electron chi connectivity index (χ2n) is 13.7. The minimum Gasteiger partial charge on any atom is -0.497 e. The van der Waals surface area contributed by atoms with Gasteiger partial charge < -0.3 is 29.3 Å². The summed E-state index contributed by atoms with van der Waals surface area (Å²) in [6.45, 7) is 4.50. The molecule has 0 spiro atoms. The molecule has 3 amide bonds. The van der Waals surface area contributed by atoms with E-state index in [1.165, 1.54) is 55.4 Å². The monoisotopic (exact) mass is 772 g/mol. The van der Waals surface area contributed by atoms with Crippen LogP contribution in [0.2, 0.25) is 5.02 Å². The van der Waals surface area contributed by atoms with Crippen molar-refractivity contribution < 1.29 is 27.9 Å². The van der Waals surface area contributed by atoms with Gasteiger partial charge in [-0.15, -0.1) is 0 Å². The van der Waals surface area contributed by atoms with Crippen LogP contribution in [-0.4, -0.2) is 106 Å². The maximum atomic E-state index is 15.7. The number of anilines is 1. The van der Waals surface area contributed by atoms with E-state index in [2.05, 4.69) is 25.4 Å². The van der Waals surface area contributed by atoms with Crippen molar-refractivity contribution in [3.05, 3.63) is 95.0 Å². The number of halogens is 3. The van der Waals surface area contributed by atoms with Crippen molar-refractivity contribution in [1.29, 1.82) is 0 Å². The zero-order valence-electron chi connectivity index (χ0n) is 31.3. The third kappa shape index (κ3) is 8.25. The summed E-state index contributed by atoms with van der Waals surface area (Å²) in [6.07, 6.45) is 4.27. The lowest BCUT2D eigenvalue weighted by atomic mass is 9.99. The van der Waals surface area contributed by atoms with Crippen molar-refractivity contribution in [3.8, 4) is 39.4 Å². The number of aromatic nitrogens is 4. The number of piperazine rings is 1. The molecule has 12 nitrogen and oxygen atoms in total. The normalized spacial score (nSPS) is 13.6. The topological polar surface area (TPSA) is 129 Å². The number of amides is 3. The van der Waals surface area contributed by atoms with Gasteiger partial charge in [0.25, 0.3) is 11.8 Å². The van der Waals surface area contributed by atoms with Crippen LogP contribution in [-0.2, 0) is 11.8 Å². The van der Waals surface area contributed by atoms with Crippen molar-refractivity contribution in [2.24, 2.45) is 13.0 Å². The van der Waals surface area contributed by atoms with E-state index in [0.29, 0.717) is 54.4 Å². The fourth-order valence-corrected chi connectivity index (χ4v) is 7.00. The van der Waals surface area contributed by atoms with E-state index in [-0.39, 0.29) is 51.0 Å². The van der Waals surface area contributed by atoms with Crippen molar-refractivity contribution in [1.82, 2.24) is 34.4 Å². The van der Waals surface area contributed by atoms with E-state index in [1.54, 1.807) is 35.2 Å². The summed E-state index contributed by atoms with van der Waals surface area (Å²) >= 11 is 6.55. The van der Waals surface area contributed by atoms with Crippen LogP contribution in [0.4, 0.5) is 14.5 Å². The fourth-order valence-electron chi connectivity index (χ4n) is 6.74. The molecule has 0 radical (unpaired) electrons. The molecule has 2 N–H and O–H groups in total. The number of aromatic amines is 1. The predicted octanol–water partition coefficient (Wildman–Crippen LogP) is 6.60. The molecule has 0 bridgehead atoms. The van der Waals surface area contributed by atoms with Crippen LogP contribution in [0.25, 0.3) is 33.6 Å². The van der Waals surface area contributed by atoms with Gasteiger partial charge in [-0.2, -0.15) is 5.10 Å². The number of carbonyl (C=O) groups excluding carboxylic acids is 3. The van der Waals surface area contributed by atoms with Crippen molar-refractivity contribution in [3.63, 3.8) is 0 Å². The minimum absolute atomic E-state index is 0.000367. The van der Waals surface area contributed by atoms with Crippen LogP contribution in [0.5, 0.6) is 5.75 Å². The number of benzene rings is 3. The number of carbonyl (C=O) groups is 3. The molecule has 1 unspecified atom stereocenters. The molecule has 1 aliphatic heterocycles. The van der Waals surface area contributed by atoms with Gasteiger partial charge in [-0.3, -0.25) is 19.5 Å². The summed E-state index contributed by atoms with van der Waals surface area (Å²) in [5.41, 5.74) is 2.19. The molecule has 5 aromatic rings. The maximum absolute atomic E-state index is 15.7. The lowest BCUT2D eigenvalue weighted by molar-refractivity contribution is -0.137. The highest BCUT2D eigenvalue weighted by Gasteiger charge is 2.30. The molecule has 1 atom stereocenters. The van der Waals surface area contributed by atoms with Crippen LogP contribution < -0.4 is 10.1 Å². The number of nitrogens with one attached hydrogen (secondary N) is 2.